The minimum absolute atomic E-state index is 0.0557. The minimum Gasteiger partial charge on any atom is -0.375 e. The second-order valence-corrected chi connectivity index (χ2v) is 8.73. The lowest BCUT2D eigenvalue weighted by atomic mass is 9.93. The predicted molar refractivity (Wildman–Crippen MR) is 134 cm³/mol. The molecule has 0 fully saturated rings. The second-order valence-electron chi connectivity index (χ2n) is 8.73. The van der Waals surface area contributed by atoms with E-state index in [2.05, 4.69) is 33.4 Å². The number of amides is 1. The third-order valence-corrected chi connectivity index (χ3v) is 6.35. The summed E-state index contributed by atoms with van der Waals surface area (Å²) in [5.74, 6) is 1.36. The maximum atomic E-state index is 11.7. The summed E-state index contributed by atoms with van der Waals surface area (Å²) in [6.07, 6.45) is 2.85. The van der Waals surface area contributed by atoms with Crippen LogP contribution >= 0.6 is 0 Å². The Morgan fingerprint density at radius 1 is 1.15 bits per heavy atom. The first-order valence-electron chi connectivity index (χ1n) is 11.7. The molecule has 0 aliphatic heterocycles. The lowest BCUT2D eigenvalue weighted by molar-refractivity contribution is -0.114. The Balaban J connectivity index is 1.64. The van der Waals surface area contributed by atoms with Gasteiger partial charge in [0.2, 0.25) is 11.9 Å². The summed E-state index contributed by atoms with van der Waals surface area (Å²) in [7, 11) is 1.74. The molecule has 0 unspecified atom stereocenters. The number of ether oxygens (including phenoxy) is 1. The smallest absolute Gasteiger partial charge is 0.236 e. The van der Waals surface area contributed by atoms with E-state index in [0.717, 1.165) is 58.6 Å². The van der Waals surface area contributed by atoms with Gasteiger partial charge in [0.25, 0.3) is 0 Å². The molecule has 0 saturated heterocycles. The van der Waals surface area contributed by atoms with E-state index in [9.17, 15) is 4.79 Å². The summed E-state index contributed by atoms with van der Waals surface area (Å²) in [5.41, 5.74) is 5.99. The number of carbonyl (C=O) groups excluding carboxylic acids is 1. The number of nitrogens with zero attached hydrogens (tertiary/aromatic N) is 3. The van der Waals surface area contributed by atoms with Crippen molar-refractivity contribution in [2.75, 3.05) is 17.7 Å². The highest BCUT2D eigenvalue weighted by Gasteiger charge is 2.27. The van der Waals surface area contributed by atoms with E-state index in [-0.39, 0.29) is 12.0 Å². The molecule has 7 heteroatoms. The van der Waals surface area contributed by atoms with Crippen LogP contribution in [0.25, 0.3) is 16.9 Å². The summed E-state index contributed by atoms with van der Waals surface area (Å²) in [6.45, 7) is 4.23. The van der Waals surface area contributed by atoms with Crippen LogP contribution in [0.5, 0.6) is 0 Å². The van der Waals surface area contributed by atoms with Gasteiger partial charge in [-0.3, -0.25) is 9.36 Å². The Labute approximate surface area is 199 Å². The lowest BCUT2D eigenvalue weighted by Gasteiger charge is -2.26. The minimum atomic E-state index is -0.0988. The van der Waals surface area contributed by atoms with Gasteiger partial charge in [0.15, 0.2) is 0 Å². The van der Waals surface area contributed by atoms with E-state index in [1.165, 1.54) is 12.5 Å². The van der Waals surface area contributed by atoms with E-state index in [1.54, 1.807) is 7.11 Å². The molecular formula is C27H29N5O2. The average Bonchev–Trinajstić information content (AvgIpc) is 3.19. The van der Waals surface area contributed by atoms with E-state index in [0.29, 0.717) is 12.5 Å². The fraction of sp³-hybridized carbons (Fsp3) is 0.296. The molecule has 1 aliphatic rings. The van der Waals surface area contributed by atoms with Gasteiger partial charge in [-0.15, -0.1) is 0 Å². The monoisotopic (exact) mass is 455 g/mol. The quantitative estimate of drug-likeness (QED) is 0.411. The number of carbonyl (C=O) groups is 1. The van der Waals surface area contributed by atoms with Gasteiger partial charge in [-0.2, -0.15) is 4.98 Å². The Kier molecular flexibility index (Phi) is 6.02. The Morgan fingerprint density at radius 2 is 1.97 bits per heavy atom. The molecule has 174 valence electrons. The molecule has 2 aromatic heterocycles. The number of hydrogen-bond donors (Lipinski definition) is 2. The fourth-order valence-corrected chi connectivity index (χ4v) is 4.79. The zero-order valence-corrected chi connectivity index (χ0v) is 19.8. The second kappa shape index (κ2) is 9.27. The van der Waals surface area contributed by atoms with Gasteiger partial charge in [0, 0.05) is 37.2 Å². The first-order valence-corrected chi connectivity index (χ1v) is 11.7. The van der Waals surface area contributed by atoms with Gasteiger partial charge in [-0.1, -0.05) is 36.4 Å². The van der Waals surface area contributed by atoms with Crippen molar-refractivity contribution >= 4 is 28.3 Å². The summed E-state index contributed by atoms with van der Waals surface area (Å²) >= 11 is 0. The van der Waals surface area contributed by atoms with Crippen LogP contribution in [0.4, 0.5) is 11.5 Å². The third kappa shape index (κ3) is 4.15. The molecule has 0 spiro atoms. The first kappa shape index (κ1) is 22.1. The Hall–Kier alpha value is -3.71. The summed E-state index contributed by atoms with van der Waals surface area (Å²) in [5, 5.41) is 7.45. The summed E-state index contributed by atoms with van der Waals surface area (Å²) < 4.78 is 7.87. The number of aromatic nitrogens is 3. The lowest BCUT2D eigenvalue weighted by Crippen LogP contribution is -2.20. The van der Waals surface area contributed by atoms with Crippen LogP contribution < -0.4 is 10.6 Å². The number of nitrogens with one attached hydrogen (secondary N) is 2. The van der Waals surface area contributed by atoms with Crippen molar-refractivity contribution in [3.05, 3.63) is 77.1 Å². The van der Waals surface area contributed by atoms with Crippen LogP contribution in [0, 0.1) is 6.92 Å². The van der Waals surface area contributed by atoms with Gasteiger partial charge in [-0.25, -0.2) is 4.98 Å². The molecule has 1 amide bonds. The standard InChI is InChI=1S/C27H29N5O2/c1-17-15-21-22(29-18(2)33)12-8-13-23(21)32(17)27-30-25-20(11-7-14-24(25)34-3)26(31-27)28-16-19-9-5-4-6-10-19/h4-6,8-10,12-13,15,24H,7,11,14,16H2,1-3H3,(H,29,33)(H,28,30,31)/t24-/m0/s1. The van der Waals surface area contributed by atoms with Crippen LogP contribution in [-0.2, 0) is 22.5 Å². The fourth-order valence-electron chi connectivity index (χ4n) is 4.79. The molecule has 1 aliphatic carbocycles. The van der Waals surface area contributed by atoms with Crippen LogP contribution in [0.15, 0.2) is 54.6 Å². The number of anilines is 2. The highest BCUT2D eigenvalue weighted by molar-refractivity contribution is 6.01. The van der Waals surface area contributed by atoms with Crippen molar-refractivity contribution in [2.45, 2.75) is 45.8 Å². The van der Waals surface area contributed by atoms with Crippen molar-refractivity contribution in [1.82, 2.24) is 14.5 Å². The van der Waals surface area contributed by atoms with E-state index >= 15 is 0 Å². The van der Waals surface area contributed by atoms with Gasteiger partial charge in [0.1, 0.15) is 5.82 Å². The van der Waals surface area contributed by atoms with Crippen molar-refractivity contribution < 1.29 is 9.53 Å². The maximum absolute atomic E-state index is 11.7. The van der Waals surface area contributed by atoms with Crippen LogP contribution in [-0.4, -0.2) is 27.6 Å². The SMILES string of the molecule is CO[C@H]1CCCc2c(NCc3ccccc3)nc(-n3c(C)cc4c(NC(C)=O)cccc43)nc21. The molecule has 2 heterocycles. The number of rotatable bonds is 6. The van der Waals surface area contributed by atoms with Gasteiger partial charge >= 0.3 is 0 Å². The average molecular weight is 456 g/mol. The molecule has 0 radical (unpaired) electrons. The molecule has 1 atom stereocenters. The topological polar surface area (TPSA) is 81.1 Å². The van der Waals surface area contributed by atoms with Gasteiger partial charge in [-0.05, 0) is 49.9 Å². The number of methoxy groups -OCH3 is 1. The zero-order chi connectivity index (χ0) is 23.7. The molecule has 7 nitrogen and oxygen atoms in total. The predicted octanol–water partition coefficient (Wildman–Crippen LogP) is 5.32. The summed E-state index contributed by atoms with van der Waals surface area (Å²) in [4.78, 5) is 21.8. The Bertz CT molecular complexity index is 1350. The highest BCUT2D eigenvalue weighted by Crippen LogP contribution is 2.36. The van der Waals surface area contributed by atoms with Crippen molar-refractivity contribution in [1.29, 1.82) is 0 Å². The maximum Gasteiger partial charge on any atom is 0.236 e. The van der Waals surface area contributed by atoms with E-state index in [4.69, 9.17) is 14.7 Å². The van der Waals surface area contributed by atoms with Crippen molar-refractivity contribution in [3.63, 3.8) is 0 Å². The number of fused-ring (bicyclic) bond motifs is 2. The van der Waals surface area contributed by atoms with Gasteiger partial charge in [0.05, 0.1) is 23.0 Å². The van der Waals surface area contributed by atoms with E-state index in [1.807, 2.05) is 43.3 Å². The number of aryl methyl sites for hydroxylation is 1. The van der Waals surface area contributed by atoms with Crippen LogP contribution in [0.2, 0.25) is 0 Å². The van der Waals surface area contributed by atoms with Gasteiger partial charge < -0.3 is 15.4 Å². The van der Waals surface area contributed by atoms with Crippen molar-refractivity contribution in [2.24, 2.45) is 0 Å². The molecule has 5 rings (SSSR count). The first-order chi connectivity index (χ1) is 16.5. The van der Waals surface area contributed by atoms with Crippen LogP contribution in [0.1, 0.15) is 48.4 Å². The number of hydrogen-bond acceptors (Lipinski definition) is 5. The summed E-state index contributed by atoms with van der Waals surface area (Å²) in [6, 6.07) is 18.3. The van der Waals surface area contributed by atoms with Crippen molar-refractivity contribution in [3.8, 4) is 5.95 Å². The normalized spacial score (nSPS) is 15.2. The Morgan fingerprint density at radius 3 is 2.74 bits per heavy atom. The highest BCUT2D eigenvalue weighted by atomic mass is 16.5. The molecule has 0 bridgehead atoms. The molecule has 2 aromatic carbocycles. The molecule has 0 saturated carbocycles. The molecular weight excluding hydrogens is 426 g/mol. The number of benzene rings is 2. The molecule has 2 N–H and O–H groups in total. The third-order valence-electron chi connectivity index (χ3n) is 6.35. The molecule has 34 heavy (non-hydrogen) atoms. The molecule has 4 aromatic rings. The zero-order valence-electron chi connectivity index (χ0n) is 19.8. The van der Waals surface area contributed by atoms with E-state index < -0.39 is 0 Å². The largest absolute Gasteiger partial charge is 0.375 e. The van der Waals surface area contributed by atoms with Crippen LogP contribution in [0.3, 0.4) is 0 Å².